The molecule has 77 heavy (non-hydrogen) atoms. The molecule has 6 aromatic heterocycles. The first kappa shape index (κ1) is 54.3. The number of nitrogens with zero attached hydrogens (tertiary/aromatic N) is 5. The molecule has 14 aromatic rings. The third-order valence-electron chi connectivity index (χ3n) is 13.1. The van der Waals surface area contributed by atoms with Crippen LogP contribution in [0.2, 0.25) is 0 Å². The van der Waals surface area contributed by atoms with E-state index in [2.05, 4.69) is 178 Å². The van der Waals surface area contributed by atoms with Crippen LogP contribution in [0.1, 0.15) is 39.3 Å². The molecule has 8 aromatic carbocycles. The molecule has 0 fully saturated rings. The summed E-state index contributed by atoms with van der Waals surface area (Å²) in [6.45, 7) is 13.4. The molecule has 1 aliphatic heterocycles. The van der Waals surface area contributed by atoms with Gasteiger partial charge in [-0.1, -0.05) is 162 Å². The fraction of sp³-hybridized carbons (Fsp3) is 0.149. The van der Waals surface area contributed by atoms with Crippen LogP contribution < -0.4 is 4.90 Å². The average molecular weight is 1030 g/mol. The highest BCUT2D eigenvalue weighted by molar-refractivity contribution is 7.13. The van der Waals surface area contributed by atoms with E-state index in [1.165, 1.54) is 83.6 Å². The number of hydrogen-bond donors (Lipinski definition) is 2. The second-order valence-electron chi connectivity index (χ2n) is 18.8. The van der Waals surface area contributed by atoms with Gasteiger partial charge in [0.2, 0.25) is 0 Å². The molecule has 0 radical (unpaired) electrons. The van der Waals surface area contributed by atoms with Crippen molar-refractivity contribution in [3.05, 3.63) is 264 Å². The Morgan fingerprint density at radius 3 is 1.84 bits per heavy atom. The molecule has 7 heterocycles. The number of para-hydroxylation sites is 6. The van der Waals surface area contributed by atoms with Crippen LogP contribution in [-0.2, 0) is 13.5 Å². The minimum absolute atomic E-state index is 0.861. The highest BCUT2D eigenvalue weighted by atomic mass is 32.1. The molecule has 0 saturated carbocycles. The Balaban J connectivity index is 0.000000117. The Kier molecular flexibility index (Phi) is 19.0. The molecule has 0 amide bonds. The molecule has 388 valence electrons. The van der Waals surface area contributed by atoms with E-state index in [4.69, 9.17) is 8.94 Å². The predicted molar refractivity (Wildman–Crippen MR) is 325 cm³/mol. The summed E-state index contributed by atoms with van der Waals surface area (Å²) in [7, 11) is 4.20. The van der Waals surface area contributed by atoms with Crippen molar-refractivity contribution < 1.29 is 8.94 Å². The highest BCUT2D eigenvalue weighted by Crippen LogP contribution is 2.26. The van der Waals surface area contributed by atoms with E-state index in [1.807, 2.05) is 131 Å². The lowest BCUT2D eigenvalue weighted by Crippen LogP contribution is -2.12. The van der Waals surface area contributed by atoms with Crippen molar-refractivity contribution in [3.8, 4) is 0 Å². The summed E-state index contributed by atoms with van der Waals surface area (Å²) in [4.78, 5) is 5.49. The predicted octanol–water partition coefficient (Wildman–Crippen LogP) is 17.7. The molecular weight excluding hydrogens is 967 g/mol. The topological polar surface area (TPSA) is 105 Å². The van der Waals surface area contributed by atoms with E-state index in [0.29, 0.717) is 0 Å². The summed E-state index contributed by atoms with van der Waals surface area (Å²) in [6.07, 6.45) is 7.10. The van der Waals surface area contributed by atoms with Crippen molar-refractivity contribution in [3.63, 3.8) is 0 Å². The monoisotopic (exact) mass is 1030 g/mol. The van der Waals surface area contributed by atoms with Gasteiger partial charge in [-0.05, 0) is 136 Å². The maximum atomic E-state index is 5.25. The Bertz CT molecular complexity index is 3470. The van der Waals surface area contributed by atoms with Crippen molar-refractivity contribution in [2.75, 3.05) is 18.5 Å². The lowest BCUT2D eigenvalue weighted by atomic mass is 10.2. The first-order chi connectivity index (χ1) is 37.5. The van der Waals surface area contributed by atoms with Crippen molar-refractivity contribution in [2.45, 2.75) is 48.0 Å². The van der Waals surface area contributed by atoms with E-state index >= 15 is 0 Å². The van der Waals surface area contributed by atoms with Crippen LogP contribution in [0.3, 0.4) is 0 Å². The number of likely N-dealkylation sites (N-methyl/N-ethyl adjacent to an activating group) is 1. The molecule has 15 rings (SSSR count). The lowest BCUT2D eigenvalue weighted by Gasteiger charge is -2.10. The summed E-state index contributed by atoms with van der Waals surface area (Å²) in [6, 6.07) is 69.9. The number of benzene rings is 8. The van der Waals surface area contributed by atoms with Gasteiger partial charge in [0.1, 0.15) is 5.58 Å². The zero-order chi connectivity index (χ0) is 53.9. The summed E-state index contributed by atoms with van der Waals surface area (Å²) < 4.78 is 17.9. The minimum atomic E-state index is 0.861. The van der Waals surface area contributed by atoms with Crippen LogP contribution in [-0.4, -0.2) is 42.9 Å². The van der Waals surface area contributed by atoms with E-state index in [-0.39, 0.29) is 0 Å². The molecule has 10 heteroatoms. The van der Waals surface area contributed by atoms with Gasteiger partial charge in [0, 0.05) is 82.4 Å². The number of furan rings is 1. The lowest BCUT2D eigenvalue weighted by molar-refractivity contribution is 0.450. The molecule has 0 unspecified atom stereocenters. The van der Waals surface area contributed by atoms with Crippen LogP contribution in [0.25, 0.3) is 64.7 Å². The molecular formula is C67H67N7O2S. The fourth-order valence-electron chi connectivity index (χ4n) is 8.70. The van der Waals surface area contributed by atoms with E-state index < -0.39 is 0 Å². The maximum absolute atomic E-state index is 5.25. The summed E-state index contributed by atoms with van der Waals surface area (Å²) >= 11 is 1.56. The number of aromatic nitrogens is 6. The van der Waals surface area contributed by atoms with E-state index in [9.17, 15) is 0 Å². The number of rotatable bonds is 0. The standard InChI is InChI=1S/C9H11N.2C9H9N.C9H8O.C8H8N2.C8H7NO.C8H7NS.C7H8/c2*1-10-7-6-8-4-2-3-5-9(8)10;2*1-7-6-10-9-5-3-2-4-8(7)9;3*1-6-7-4-2-3-5-8(7)10-9-6;1-7-5-3-2-4-6-7/h2-5H,6-7H2,1H3;2-7H,1H3;2-6,10H,1H3;2-6H,1H3;2-5H,1H3,(H,9,10);2*2-5H,1H3;2-6H,1H3. The molecule has 0 aliphatic carbocycles. The zero-order valence-corrected chi connectivity index (χ0v) is 46.1. The van der Waals surface area contributed by atoms with Gasteiger partial charge in [0.25, 0.3) is 0 Å². The third kappa shape index (κ3) is 14.7. The molecule has 0 atom stereocenters. The molecule has 0 bridgehead atoms. The molecule has 1 aliphatic rings. The maximum Gasteiger partial charge on any atom is 0.167 e. The number of anilines is 1. The number of H-pyrrole nitrogens is 2. The van der Waals surface area contributed by atoms with Crippen LogP contribution >= 0.6 is 11.5 Å². The van der Waals surface area contributed by atoms with Crippen LogP contribution in [0, 0.1) is 41.5 Å². The Hall–Kier alpha value is -8.99. The van der Waals surface area contributed by atoms with E-state index in [0.717, 1.165) is 39.2 Å². The fourth-order valence-corrected chi connectivity index (χ4v) is 9.49. The Labute approximate surface area is 455 Å². The zero-order valence-electron chi connectivity index (χ0n) is 45.2. The molecule has 2 N–H and O–H groups in total. The quantitative estimate of drug-likeness (QED) is 0.157. The highest BCUT2D eigenvalue weighted by Gasteiger charge is 2.13. The van der Waals surface area contributed by atoms with Gasteiger partial charge in [0.15, 0.2) is 5.58 Å². The van der Waals surface area contributed by atoms with Crippen molar-refractivity contribution in [1.82, 2.24) is 29.3 Å². The number of aryl methyl sites for hydroxylation is 7. The van der Waals surface area contributed by atoms with Gasteiger partial charge in [-0.2, -0.15) is 9.47 Å². The molecule has 0 spiro atoms. The normalized spacial score (nSPS) is 11.0. The van der Waals surface area contributed by atoms with Crippen LogP contribution in [0.4, 0.5) is 5.69 Å². The van der Waals surface area contributed by atoms with Gasteiger partial charge < -0.3 is 23.4 Å². The Morgan fingerprint density at radius 2 is 1.16 bits per heavy atom. The summed E-state index contributed by atoms with van der Waals surface area (Å²) in [5.74, 6) is 0. The first-order valence-corrected chi connectivity index (χ1v) is 26.6. The number of hydrogen-bond acceptors (Lipinski definition) is 7. The van der Waals surface area contributed by atoms with Gasteiger partial charge in [-0.25, -0.2) is 0 Å². The van der Waals surface area contributed by atoms with Gasteiger partial charge in [-0.3, -0.25) is 5.10 Å². The van der Waals surface area contributed by atoms with Gasteiger partial charge in [-0.15, -0.1) is 0 Å². The minimum Gasteiger partial charge on any atom is -0.464 e. The molecule has 0 saturated heterocycles. The first-order valence-electron chi connectivity index (χ1n) is 25.8. The largest absolute Gasteiger partial charge is 0.464 e. The number of nitrogens with one attached hydrogen (secondary N) is 2. The second-order valence-corrected chi connectivity index (χ2v) is 19.6. The van der Waals surface area contributed by atoms with Crippen LogP contribution in [0.15, 0.2) is 234 Å². The van der Waals surface area contributed by atoms with Gasteiger partial charge in [0.05, 0.1) is 27.9 Å². The molecule has 9 nitrogen and oxygen atoms in total. The number of aromatic amines is 2. The van der Waals surface area contributed by atoms with Crippen molar-refractivity contribution >= 4 is 82.0 Å². The van der Waals surface area contributed by atoms with Crippen molar-refractivity contribution in [1.29, 1.82) is 0 Å². The van der Waals surface area contributed by atoms with Crippen LogP contribution in [0.5, 0.6) is 0 Å². The summed E-state index contributed by atoms with van der Waals surface area (Å²) in [5, 5.41) is 18.3. The Morgan fingerprint density at radius 1 is 0.532 bits per heavy atom. The van der Waals surface area contributed by atoms with Gasteiger partial charge >= 0.3 is 0 Å². The summed E-state index contributed by atoms with van der Waals surface area (Å²) in [5.41, 5.74) is 15.4. The SMILES string of the molecule is CN1CCc2ccccc21.Cc1[nH]nc2ccccc12.Cc1c[nH]c2ccccc12.Cc1ccccc1.Cc1coc2ccccc12.Cc1noc2ccccc12.Cc1nsc2ccccc12.Cn1ccc2ccccc21. The number of fused-ring (bicyclic) bond motifs is 7. The average Bonchev–Trinajstić information content (AvgIpc) is 4.39. The second kappa shape index (κ2) is 27.0. The third-order valence-corrected chi connectivity index (χ3v) is 14.0. The van der Waals surface area contributed by atoms with Crippen molar-refractivity contribution in [2.24, 2.45) is 7.05 Å². The van der Waals surface area contributed by atoms with E-state index in [1.54, 1.807) is 17.8 Å². The smallest absolute Gasteiger partial charge is 0.167 e.